The van der Waals surface area contributed by atoms with Gasteiger partial charge in [-0.15, -0.1) is 0 Å². The average molecular weight is 676 g/mol. The van der Waals surface area contributed by atoms with E-state index in [9.17, 15) is 13.2 Å². The number of aromatic nitrogens is 4. The van der Waals surface area contributed by atoms with Gasteiger partial charge in [0.2, 0.25) is 11.9 Å². The fraction of sp³-hybridized carbons (Fsp3) is 0.161. The van der Waals surface area contributed by atoms with Crippen LogP contribution in [0.1, 0.15) is 16.7 Å². The van der Waals surface area contributed by atoms with Crippen LogP contribution in [0.15, 0.2) is 84.9 Å². The molecule has 0 bridgehead atoms. The third-order valence-electron chi connectivity index (χ3n) is 6.21. The second-order valence-electron chi connectivity index (χ2n) is 9.62. The number of halogens is 6. The van der Waals surface area contributed by atoms with Crippen molar-refractivity contribution in [2.75, 3.05) is 35.2 Å². The molecule has 234 valence electrons. The maximum absolute atomic E-state index is 12.9. The third-order valence-corrected chi connectivity index (χ3v) is 6.90. The van der Waals surface area contributed by atoms with Gasteiger partial charge in [0.25, 0.3) is 0 Å². The molecule has 5 aromatic rings. The zero-order valence-corrected chi connectivity index (χ0v) is 25.9. The Morgan fingerprint density at radius 2 is 1.13 bits per heavy atom. The van der Waals surface area contributed by atoms with E-state index in [1.54, 1.807) is 18.2 Å². The molecule has 0 atom stereocenters. The first-order valence-corrected chi connectivity index (χ1v) is 14.7. The molecule has 3 aromatic carbocycles. The lowest BCUT2D eigenvalue weighted by molar-refractivity contribution is -0.137. The van der Waals surface area contributed by atoms with Crippen molar-refractivity contribution >= 4 is 58.3 Å². The Morgan fingerprint density at radius 1 is 0.622 bits per heavy atom. The molecule has 0 unspecified atom stereocenters. The molecule has 0 saturated heterocycles. The first kappa shape index (κ1) is 33.6. The standard InChI is InChI=1S/C19H16ClF3N4.C12H12Cl2N4/c20-15-6-4-12(5-7-15)8-9-25-17-11-16(26-18(24)27-17)13-2-1-3-14(10-13)19(21,22)23;13-9-3-1-8(2-4-9)5-6-16-11-7-10(14)17-12(15)18-11/h1-7,10-11H,8-9H2,(H3,24,25,26,27);1-4,7H,5-6H2,(H3,15,16,17,18). The monoisotopic (exact) mass is 674 g/mol. The minimum atomic E-state index is -4.42. The summed E-state index contributed by atoms with van der Waals surface area (Å²) in [7, 11) is 0. The van der Waals surface area contributed by atoms with Gasteiger partial charge in [-0.2, -0.15) is 23.1 Å². The second-order valence-corrected chi connectivity index (χ2v) is 10.9. The van der Waals surface area contributed by atoms with Gasteiger partial charge < -0.3 is 22.1 Å². The van der Waals surface area contributed by atoms with Gasteiger partial charge in [0.05, 0.1) is 11.3 Å². The van der Waals surface area contributed by atoms with Crippen LogP contribution in [0.2, 0.25) is 15.2 Å². The summed E-state index contributed by atoms with van der Waals surface area (Å²) < 4.78 is 38.8. The van der Waals surface area contributed by atoms with Crippen molar-refractivity contribution in [1.82, 2.24) is 19.9 Å². The quantitative estimate of drug-likeness (QED) is 0.116. The van der Waals surface area contributed by atoms with E-state index >= 15 is 0 Å². The molecule has 0 spiro atoms. The Kier molecular flexibility index (Phi) is 11.6. The summed E-state index contributed by atoms with van der Waals surface area (Å²) in [5.41, 5.74) is 13.4. The molecule has 0 saturated carbocycles. The molecule has 5 rings (SSSR count). The number of nitrogens with one attached hydrogen (secondary N) is 2. The smallest absolute Gasteiger partial charge is 0.370 e. The third kappa shape index (κ3) is 11.0. The van der Waals surface area contributed by atoms with E-state index in [1.807, 2.05) is 48.5 Å². The predicted molar refractivity (Wildman–Crippen MR) is 176 cm³/mol. The molecule has 2 heterocycles. The Morgan fingerprint density at radius 3 is 1.64 bits per heavy atom. The predicted octanol–water partition coefficient (Wildman–Crippen LogP) is 8.07. The number of hydrogen-bond acceptors (Lipinski definition) is 8. The highest BCUT2D eigenvalue weighted by molar-refractivity contribution is 6.31. The maximum Gasteiger partial charge on any atom is 0.416 e. The molecule has 0 aliphatic rings. The Hall–Kier alpha value is -4.32. The molecular weight excluding hydrogens is 648 g/mol. The Bertz CT molecular complexity index is 1680. The molecule has 0 fully saturated rings. The number of alkyl halides is 3. The molecule has 45 heavy (non-hydrogen) atoms. The molecule has 2 aromatic heterocycles. The van der Waals surface area contributed by atoms with Crippen LogP contribution in [0.3, 0.4) is 0 Å². The van der Waals surface area contributed by atoms with Crippen molar-refractivity contribution < 1.29 is 13.2 Å². The number of benzene rings is 3. The molecule has 0 amide bonds. The summed E-state index contributed by atoms with van der Waals surface area (Å²) >= 11 is 17.5. The zero-order chi connectivity index (χ0) is 32.4. The van der Waals surface area contributed by atoms with E-state index in [0.29, 0.717) is 39.6 Å². The van der Waals surface area contributed by atoms with E-state index < -0.39 is 11.7 Å². The highest BCUT2D eigenvalue weighted by Gasteiger charge is 2.30. The number of anilines is 4. The molecule has 6 N–H and O–H groups in total. The van der Waals surface area contributed by atoms with Gasteiger partial charge in [-0.25, -0.2) is 9.97 Å². The second kappa shape index (κ2) is 15.6. The van der Waals surface area contributed by atoms with Crippen LogP contribution in [0, 0.1) is 0 Å². The highest BCUT2D eigenvalue weighted by Crippen LogP contribution is 2.32. The van der Waals surface area contributed by atoms with Crippen LogP contribution in [0.25, 0.3) is 11.3 Å². The fourth-order valence-electron chi connectivity index (χ4n) is 4.06. The van der Waals surface area contributed by atoms with Gasteiger partial charge in [-0.05, 0) is 60.4 Å². The molecule has 8 nitrogen and oxygen atoms in total. The Labute approximate surface area is 273 Å². The normalized spacial score (nSPS) is 11.0. The van der Waals surface area contributed by atoms with Crippen LogP contribution in [0.4, 0.5) is 36.7 Å². The lowest BCUT2D eigenvalue weighted by atomic mass is 10.1. The molecule has 0 aliphatic carbocycles. The van der Waals surface area contributed by atoms with Crippen molar-refractivity contribution in [1.29, 1.82) is 0 Å². The van der Waals surface area contributed by atoms with Crippen LogP contribution < -0.4 is 22.1 Å². The van der Waals surface area contributed by atoms with Crippen molar-refractivity contribution in [2.45, 2.75) is 19.0 Å². The van der Waals surface area contributed by atoms with Gasteiger partial charge >= 0.3 is 6.18 Å². The summed E-state index contributed by atoms with van der Waals surface area (Å²) in [5.74, 6) is 1.22. The van der Waals surface area contributed by atoms with E-state index in [1.165, 1.54) is 11.6 Å². The minimum absolute atomic E-state index is 0.0149. The van der Waals surface area contributed by atoms with E-state index in [4.69, 9.17) is 46.3 Å². The Balaban J connectivity index is 0.000000222. The van der Waals surface area contributed by atoms with Crippen molar-refractivity contribution in [3.8, 4) is 11.3 Å². The summed E-state index contributed by atoms with van der Waals surface area (Å²) in [4.78, 5) is 16.0. The largest absolute Gasteiger partial charge is 0.416 e. The highest BCUT2D eigenvalue weighted by atomic mass is 35.5. The number of nitrogen functional groups attached to an aromatic ring is 2. The summed E-state index contributed by atoms with van der Waals surface area (Å²) in [5, 5.41) is 7.99. The van der Waals surface area contributed by atoms with Crippen molar-refractivity contribution in [2.24, 2.45) is 0 Å². The maximum atomic E-state index is 12.9. The molecular formula is C31H28Cl3F3N8. The zero-order valence-electron chi connectivity index (χ0n) is 23.6. The molecule has 14 heteroatoms. The lowest BCUT2D eigenvalue weighted by Crippen LogP contribution is -2.09. The first-order valence-electron chi connectivity index (χ1n) is 13.5. The summed E-state index contributed by atoms with van der Waals surface area (Å²) in [6, 6.07) is 23.4. The lowest BCUT2D eigenvalue weighted by Gasteiger charge is -2.11. The van der Waals surface area contributed by atoms with Crippen LogP contribution in [-0.2, 0) is 19.0 Å². The SMILES string of the molecule is Nc1nc(Cl)cc(NCCc2ccc(Cl)cc2)n1.Nc1nc(NCCc2ccc(Cl)cc2)cc(-c2cccc(C(F)(F)F)c2)n1. The van der Waals surface area contributed by atoms with Crippen LogP contribution >= 0.6 is 34.8 Å². The summed E-state index contributed by atoms with van der Waals surface area (Å²) in [6.07, 6.45) is -2.84. The van der Waals surface area contributed by atoms with Crippen LogP contribution in [0.5, 0.6) is 0 Å². The number of rotatable bonds is 9. The van der Waals surface area contributed by atoms with E-state index in [-0.39, 0.29) is 11.9 Å². The summed E-state index contributed by atoms with van der Waals surface area (Å²) in [6.45, 7) is 1.30. The van der Waals surface area contributed by atoms with Gasteiger partial charge in [0, 0.05) is 40.8 Å². The van der Waals surface area contributed by atoms with Crippen molar-refractivity contribution in [3.63, 3.8) is 0 Å². The van der Waals surface area contributed by atoms with Gasteiger partial charge in [0.1, 0.15) is 16.8 Å². The van der Waals surface area contributed by atoms with E-state index in [0.717, 1.165) is 42.1 Å². The van der Waals surface area contributed by atoms with Crippen LogP contribution in [-0.4, -0.2) is 33.0 Å². The number of nitrogens with zero attached hydrogens (tertiary/aromatic N) is 4. The fourth-order valence-corrected chi connectivity index (χ4v) is 4.50. The van der Waals surface area contributed by atoms with Gasteiger partial charge in [0.15, 0.2) is 0 Å². The van der Waals surface area contributed by atoms with Crippen molar-refractivity contribution in [3.05, 3.63) is 117 Å². The van der Waals surface area contributed by atoms with Gasteiger partial charge in [-0.1, -0.05) is 71.2 Å². The molecule has 0 radical (unpaired) electrons. The number of hydrogen-bond donors (Lipinski definition) is 4. The first-order chi connectivity index (χ1) is 21.4. The topological polar surface area (TPSA) is 128 Å². The average Bonchev–Trinajstić information content (AvgIpc) is 2.98. The van der Waals surface area contributed by atoms with Gasteiger partial charge in [-0.3, -0.25) is 0 Å². The minimum Gasteiger partial charge on any atom is -0.370 e. The number of nitrogens with two attached hydrogens (primary N) is 2. The van der Waals surface area contributed by atoms with E-state index in [2.05, 4.69) is 30.6 Å². The molecule has 0 aliphatic heterocycles.